The Morgan fingerprint density at radius 1 is 1.22 bits per heavy atom. The van der Waals surface area contributed by atoms with Gasteiger partial charge in [0.1, 0.15) is 0 Å². The Bertz CT molecular complexity index is 102. The third-order valence-corrected chi connectivity index (χ3v) is 2.14. The van der Waals surface area contributed by atoms with Crippen LogP contribution in [0.3, 0.4) is 0 Å². The van der Waals surface area contributed by atoms with Crippen molar-refractivity contribution in [2.24, 2.45) is 5.41 Å². The van der Waals surface area contributed by atoms with Gasteiger partial charge in [0, 0.05) is 0 Å². The quantitative estimate of drug-likeness (QED) is 0.494. The predicted molar refractivity (Wildman–Crippen MR) is 47.6 cm³/mol. The molecule has 0 aromatic heterocycles. The molecule has 54 valence electrons. The van der Waals surface area contributed by atoms with E-state index < -0.39 is 0 Å². The maximum absolute atomic E-state index is 2.48. The minimum Gasteiger partial charge on any atom is -0.104 e. The lowest BCUT2D eigenvalue weighted by Crippen LogP contribution is -2.07. The van der Waals surface area contributed by atoms with Crippen LogP contribution in [0.25, 0.3) is 0 Å². The molecule has 0 aliphatic carbocycles. The van der Waals surface area contributed by atoms with Gasteiger partial charge in [-0.3, -0.25) is 0 Å². The monoisotopic (exact) mass is 142 g/mol. The molecule has 0 aromatic rings. The summed E-state index contributed by atoms with van der Waals surface area (Å²) in [5.41, 5.74) is 2.98. The average molecular weight is 142 g/mol. The minimum absolute atomic E-state index is 0.0926. The van der Waals surface area contributed by atoms with Gasteiger partial charge in [0.15, 0.2) is 0 Å². The van der Waals surface area contributed by atoms with Gasteiger partial charge in [-0.05, 0) is 20.2 Å². The molecule has 0 fully saturated rings. The van der Waals surface area contributed by atoms with E-state index in [0.29, 0.717) is 5.41 Å². The molecule has 0 nitrogen and oxygen atoms in total. The summed E-state index contributed by atoms with van der Waals surface area (Å²) in [6, 6.07) is 0. The van der Waals surface area contributed by atoms with E-state index in [1.807, 2.05) is 0 Å². The fourth-order valence-corrected chi connectivity index (χ4v) is 1.53. The second kappa shape index (κ2) is 3.30. The number of rotatable bonds is 1. The molecule has 1 heteroatoms. The molecule has 0 spiro atoms. The highest BCUT2D eigenvalue weighted by Crippen LogP contribution is 2.15. The van der Waals surface area contributed by atoms with E-state index in [1.165, 1.54) is 6.42 Å². The lowest BCUT2D eigenvalue weighted by molar-refractivity contribution is 0.439. The highest BCUT2D eigenvalue weighted by molar-refractivity contribution is 6.63. The van der Waals surface area contributed by atoms with Crippen molar-refractivity contribution in [2.45, 2.75) is 40.3 Å². The summed E-state index contributed by atoms with van der Waals surface area (Å²) in [5, 5.41) is 0. The highest BCUT2D eigenvalue weighted by atomic mass is 28.2. The van der Waals surface area contributed by atoms with Crippen LogP contribution < -0.4 is 0 Å². The molecule has 0 saturated carbocycles. The minimum atomic E-state index is -0.0926. The zero-order valence-electron chi connectivity index (χ0n) is 7.28. The van der Waals surface area contributed by atoms with Crippen molar-refractivity contribution in [3.05, 3.63) is 0 Å². The summed E-state index contributed by atoms with van der Waals surface area (Å²) in [4.78, 5) is 0. The Morgan fingerprint density at radius 3 is 1.78 bits per heavy atom. The number of hydrogen-bond donors (Lipinski definition) is 0. The molecule has 0 N–H and O–H groups in total. The van der Waals surface area contributed by atoms with Crippen molar-refractivity contribution in [3.63, 3.8) is 0 Å². The Kier molecular flexibility index (Phi) is 3.34. The van der Waals surface area contributed by atoms with E-state index in [0.717, 1.165) is 0 Å². The predicted octanol–water partition coefficient (Wildman–Crippen LogP) is 2.56. The summed E-state index contributed by atoms with van der Waals surface area (Å²) in [5.74, 6) is 0. The van der Waals surface area contributed by atoms with Crippen LogP contribution in [0.15, 0.2) is 0 Å². The van der Waals surface area contributed by atoms with Gasteiger partial charge in [-0.2, -0.15) is 0 Å². The Hall–Kier alpha value is 0.0869. The summed E-state index contributed by atoms with van der Waals surface area (Å²) in [7, 11) is -0.0926. The molecular formula is C8H18Si. The van der Waals surface area contributed by atoms with Gasteiger partial charge in [0.05, 0.1) is 0 Å². The summed E-state index contributed by atoms with van der Waals surface area (Å²) in [6.07, 6.45) is 1.27. The van der Waals surface area contributed by atoms with Crippen molar-refractivity contribution in [1.29, 1.82) is 0 Å². The normalized spacial score (nSPS) is 11.2. The van der Waals surface area contributed by atoms with Crippen LogP contribution in [-0.4, -0.2) is 14.1 Å². The van der Waals surface area contributed by atoms with Crippen molar-refractivity contribution < 1.29 is 0 Å². The zero-order valence-corrected chi connectivity index (χ0v) is 8.28. The van der Waals surface area contributed by atoms with Crippen LogP contribution in [0, 0.1) is 5.41 Å². The highest BCUT2D eigenvalue weighted by Gasteiger charge is 2.06. The van der Waals surface area contributed by atoms with Crippen LogP contribution in [0.2, 0.25) is 13.1 Å². The Balaban J connectivity index is 3.64. The van der Waals surface area contributed by atoms with Gasteiger partial charge in [0.25, 0.3) is 0 Å². The van der Waals surface area contributed by atoms with Crippen LogP contribution in [0.4, 0.5) is 0 Å². The first kappa shape index (κ1) is 9.09. The summed E-state index contributed by atoms with van der Waals surface area (Å²) >= 11 is 0. The van der Waals surface area contributed by atoms with Gasteiger partial charge < -0.3 is 0 Å². The molecule has 0 radical (unpaired) electrons. The maximum atomic E-state index is 2.48. The molecule has 0 aliphatic heterocycles. The Labute approximate surface area is 60.5 Å². The van der Waals surface area contributed by atoms with Crippen LogP contribution in [0.5, 0.6) is 0 Å². The van der Waals surface area contributed by atoms with E-state index >= 15 is 0 Å². The van der Waals surface area contributed by atoms with Gasteiger partial charge in [0.2, 0.25) is 0 Å². The van der Waals surface area contributed by atoms with E-state index in [9.17, 15) is 0 Å². The molecule has 0 rings (SSSR count). The fraction of sp³-hybridized carbons (Fsp3) is 0.875. The van der Waals surface area contributed by atoms with Crippen molar-refractivity contribution >= 4 is 14.1 Å². The molecule has 0 atom stereocenters. The third kappa shape index (κ3) is 8.09. The average Bonchev–Trinajstić information content (AvgIpc) is 1.59. The standard InChI is InChI=1S/C8H18Si/c1-8(2,3)6-7-9(4)5/h7H,6H2,1-5H3. The van der Waals surface area contributed by atoms with Crippen molar-refractivity contribution in [1.82, 2.24) is 0 Å². The summed E-state index contributed by atoms with van der Waals surface area (Å²) in [6.45, 7) is 11.5. The number of hydrogen-bond acceptors (Lipinski definition) is 0. The lowest BCUT2D eigenvalue weighted by Gasteiger charge is -2.14. The van der Waals surface area contributed by atoms with Gasteiger partial charge in [-0.1, -0.05) is 33.9 Å². The molecule has 0 amide bonds. The Morgan fingerprint density at radius 2 is 1.67 bits per heavy atom. The van der Waals surface area contributed by atoms with Crippen molar-refractivity contribution in [3.8, 4) is 0 Å². The van der Waals surface area contributed by atoms with Crippen LogP contribution in [0.1, 0.15) is 27.2 Å². The van der Waals surface area contributed by atoms with Gasteiger partial charge >= 0.3 is 0 Å². The van der Waals surface area contributed by atoms with Crippen LogP contribution >= 0.6 is 0 Å². The summed E-state index contributed by atoms with van der Waals surface area (Å²) < 4.78 is 0. The molecule has 0 unspecified atom stereocenters. The molecule has 9 heavy (non-hydrogen) atoms. The fourth-order valence-electron chi connectivity index (χ4n) is 0.510. The van der Waals surface area contributed by atoms with Crippen LogP contribution in [-0.2, 0) is 0 Å². The molecule has 0 bridgehead atoms. The zero-order chi connectivity index (χ0) is 7.49. The molecular weight excluding hydrogens is 124 g/mol. The van der Waals surface area contributed by atoms with Gasteiger partial charge in [-0.25, -0.2) is 0 Å². The second-order valence-electron chi connectivity index (χ2n) is 4.05. The molecule has 0 saturated heterocycles. The van der Waals surface area contributed by atoms with E-state index in [1.54, 1.807) is 0 Å². The topological polar surface area (TPSA) is 0 Å². The maximum Gasteiger partial charge on any atom is -0.00131 e. The van der Waals surface area contributed by atoms with Gasteiger partial charge in [-0.15, -0.1) is 5.67 Å². The largest absolute Gasteiger partial charge is 0.104 e. The molecule has 0 heterocycles. The van der Waals surface area contributed by atoms with E-state index in [-0.39, 0.29) is 8.41 Å². The molecule has 0 aromatic carbocycles. The first-order valence-corrected chi connectivity index (χ1v) is 6.13. The van der Waals surface area contributed by atoms with E-state index in [4.69, 9.17) is 0 Å². The SMILES string of the molecule is C[Si](C)=CCC(C)(C)C. The first-order valence-electron chi connectivity index (χ1n) is 3.55. The second-order valence-corrected chi connectivity index (χ2v) is 6.61. The molecule has 0 aliphatic rings. The smallest absolute Gasteiger partial charge is 0.00131 e. The first-order chi connectivity index (χ1) is 3.92. The third-order valence-electron chi connectivity index (χ3n) is 1.12. The van der Waals surface area contributed by atoms with E-state index in [2.05, 4.69) is 39.5 Å². The lowest BCUT2D eigenvalue weighted by atomic mass is 9.94. The van der Waals surface area contributed by atoms with Crippen molar-refractivity contribution in [2.75, 3.05) is 0 Å².